The van der Waals surface area contributed by atoms with E-state index >= 15 is 0 Å². The molecule has 7 heteroatoms. The molecular formula is C14H19F2N3O2. The van der Waals surface area contributed by atoms with Gasteiger partial charge < -0.3 is 10.1 Å². The maximum atomic E-state index is 13.9. The second kappa shape index (κ2) is 7.33. The van der Waals surface area contributed by atoms with Gasteiger partial charge >= 0.3 is 0 Å². The second-order valence-electron chi connectivity index (χ2n) is 4.78. The van der Waals surface area contributed by atoms with Crippen molar-refractivity contribution in [1.29, 1.82) is 0 Å². The summed E-state index contributed by atoms with van der Waals surface area (Å²) in [6.45, 7) is 4.49. The van der Waals surface area contributed by atoms with Crippen LogP contribution in [0.2, 0.25) is 0 Å². The van der Waals surface area contributed by atoms with Crippen LogP contribution < -0.4 is 10.7 Å². The first-order chi connectivity index (χ1) is 10.1. The van der Waals surface area contributed by atoms with Crippen molar-refractivity contribution in [2.75, 3.05) is 38.2 Å². The van der Waals surface area contributed by atoms with Gasteiger partial charge in [-0.1, -0.05) is 6.92 Å². The topological polar surface area (TPSA) is 53.6 Å². The predicted molar refractivity (Wildman–Crippen MR) is 75.0 cm³/mol. The van der Waals surface area contributed by atoms with Crippen molar-refractivity contribution in [3.05, 3.63) is 29.3 Å². The van der Waals surface area contributed by atoms with Crippen molar-refractivity contribution in [2.24, 2.45) is 0 Å². The highest BCUT2D eigenvalue weighted by molar-refractivity contribution is 5.94. The highest BCUT2D eigenvalue weighted by Crippen LogP contribution is 2.21. The fourth-order valence-electron chi connectivity index (χ4n) is 2.01. The molecule has 116 valence electrons. The zero-order valence-electron chi connectivity index (χ0n) is 11.9. The normalized spacial score (nSPS) is 15.8. The number of nitrogens with one attached hydrogen (secondary N) is 2. The zero-order chi connectivity index (χ0) is 15.2. The molecule has 1 fully saturated rings. The van der Waals surface area contributed by atoms with Crippen LogP contribution in [0.25, 0.3) is 0 Å². The van der Waals surface area contributed by atoms with E-state index in [-0.39, 0.29) is 11.3 Å². The summed E-state index contributed by atoms with van der Waals surface area (Å²) >= 11 is 0. The van der Waals surface area contributed by atoms with E-state index in [1.165, 1.54) is 0 Å². The van der Waals surface area contributed by atoms with E-state index < -0.39 is 17.5 Å². The van der Waals surface area contributed by atoms with Gasteiger partial charge in [0.05, 0.1) is 13.2 Å². The molecule has 1 amide bonds. The maximum Gasteiger partial charge on any atom is 0.265 e. The minimum Gasteiger partial charge on any atom is -0.380 e. The Hall–Kier alpha value is -1.73. The molecule has 0 radical (unpaired) electrons. The molecule has 0 unspecified atom stereocenters. The largest absolute Gasteiger partial charge is 0.380 e. The quantitative estimate of drug-likeness (QED) is 0.870. The van der Waals surface area contributed by atoms with Gasteiger partial charge in [0.1, 0.15) is 17.3 Å². The fourth-order valence-corrected chi connectivity index (χ4v) is 2.01. The van der Waals surface area contributed by atoms with Gasteiger partial charge in [-0.05, 0) is 18.6 Å². The van der Waals surface area contributed by atoms with Crippen LogP contribution in [-0.4, -0.2) is 43.8 Å². The Bertz CT molecular complexity index is 482. The number of nitrogens with zero attached hydrogens (tertiary/aromatic N) is 1. The molecule has 0 bridgehead atoms. The third-order valence-electron chi connectivity index (χ3n) is 3.13. The monoisotopic (exact) mass is 299 g/mol. The lowest BCUT2D eigenvalue weighted by atomic mass is 10.1. The van der Waals surface area contributed by atoms with Gasteiger partial charge in [-0.2, -0.15) is 0 Å². The number of halogens is 2. The number of benzene rings is 1. The van der Waals surface area contributed by atoms with E-state index in [9.17, 15) is 13.6 Å². The van der Waals surface area contributed by atoms with Crippen LogP contribution in [0.1, 0.15) is 23.7 Å². The Balaban J connectivity index is 2.07. The molecule has 0 saturated carbocycles. The van der Waals surface area contributed by atoms with Crippen molar-refractivity contribution < 1.29 is 18.3 Å². The minimum atomic E-state index is -0.768. The average molecular weight is 299 g/mol. The first-order valence-corrected chi connectivity index (χ1v) is 6.98. The van der Waals surface area contributed by atoms with E-state index in [2.05, 4.69) is 10.7 Å². The van der Waals surface area contributed by atoms with Crippen LogP contribution in [0.4, 0.5) is 14.5 Å². The molecule has 0 aromatic heterocycles. The van der Waals surface area contributed by atoms with Gasteiger partial charge in [-0.25, -0.2) is 13.8 Å². The summed E-state index contributed by atoms with van der Waals surface area (Å²) in [5.41, 5.74) is 2.38. The molecule has 1 saturated heterocycles. The molecule has 1 aliphatic rings. The van der Waals surface area contributed by atoms with Crippen LogP contribution in [0.3, 0.4) is 0 Å². The minimum absolute atomic E-state index is 0.0430. The number of ether oxygens (including phenoxy) is 1. The van der Waals surface area contributed by atoms with Crippen LogP contribution in [0.15, 0.2) is 12.1 Å². The fraction of sp³-hybridized carbons (Fsp3) is 0.500. The second-order valence-corrected chi connectivity index (χ2v) is 4.78. The molecule has 0 spiro atoms. The Labute approximate surface area is 122 Å². The number of carbonyl (C=O) groups excluding carboxylic acids is 1. The highest BCUT2D eigenvalue weighted by atomic mass is 19.1. The van der Waals surface area contributed by atoms with Crippen molar-refractivity contribution in [3.63, 3.8) is 0 Å². The Morgan fingerprint density at radius 3 is 2.48 bits per heavy atom. The molecule has 2 rings (SSSR count). The molecule has 21 heavy (non-hydrogen) atoms. The number of morpholine rings is 1. The summed E-state index contributed by atoms with van der Waals surface area (Å²) in [7, 11) is 0. The van der Waals surface area contributed by atoms with Crippen LogP contribution in [0, 0.1) is 11.6 Å². The number of hydrazine groups is 1. The van der Waals surface area contributed by atoms with Gasteiger partial charge in [0.15, 0.2) is 0 Å². The van der Waals surface area contributed by atoms with Crippen LogP contribution >= 0.6 is 0 Å². The van der Waals surface area contributed by atoms with Gasteiger partial charge in [0.2, 0.25) is 0 Å². The maximum absolute atomic E-state index is 13.9. The number of rotatable bonds is 5. The number of anilines is 1. The molecule has 0 atom stereocenters. The van der Waals surface area contributed by atoms with Gasteiger partial charge in [-0.3, -0.25) is 10.2 Å². The van der Waals surface area contributed by atoms with Gasteiger partial charge in [0.25, 0.3) is 5.91 Å². The van der Waals surface area contributed by atoms with Crippen LogP contribution in [-0.2, 0) is 4.74 Å². The first-order valence-electron chi connectivity index (χ1n) is 6.98. The van der Waals surface area contributed by atoms with E-state index in [4.69, 9.17) is 4.74 Å². The lowest BCUT2D eigenvalue weighted by Crippen LogP contribution is -2.48. The average Bonchev–Trinajstić information content (AvgIpc) is 2.47. The predicted octanol–water partition coefficient (Wildman–Crippen LogP) is 1.76. The molecule has 1 aliphatic heterocycles. The van der Waals surface area contributed by atoms with E-state index in [1.54, 1.807) is 5.01 Å². The molecule has 1 aromatic rings. The lowest BCUT2D eigenvalue weighted by molar-refractivity contribution is 0.0126. The SMILES string of the molecule is CCCNc1c(F)cc(C(=O)NN2CCOCC2)cc1F. The standard InChI is InChI=1S/C14H19F2N3O2/c1-2-3-17-13-11(15)8-10(9-12(13)16)14(20)18-19-4-6-21-7-5-19/h8-9,17H,2-7H2,1H3,(H,18,20). The summed E-state index contributed by atoms with van der Waals surface area (Å²) < 4.78 is 32.9. The number of hydrogen-bond donors (Lipinski definition) is 2. The van der Waals surface area contributed by atoms with Crippen molar-refractivity contribution in [1.82, 2.24) is 10.4 Å². The Kier molecular flexibility index (Phi) is 5.46. The van der Waals surface area contributed by atoms with Crippen molar-refractivity contribution in [2.45, 2.75) is 13.3 Å². The summed E-state index contributed by atoms with van der Waals surface area (Å²) in [6, 6.07) is 2.08. The van der Waals surface area contributed by atoms with E-state index in [1.807, 2.05) is 6.92 Å². The summed E-state index contributed by atoms with van der Waals surface area (Å²) in [5.74, 6) is -2.07. The number of carbonyl (C=O) groups is 1. The molecule has 0 aliphatic carbocycles. The molecule has 5 nitrogen and oxygen atoms in total. The summed E-state index contributed by atoms with van der Waals surface area (Å²) in [4.78, 5) is 12.0. The summed E-state index contributed by atoms with van der Waals surface area (Å²) in [5, 5.41) is 4.34. The first kappa shape index (κ1) is 15.7. The van der Waals surface area contributed by atoms with Crippen molar-refractivity contribution >= 4 is 11.6 Å². The van der Waals surface area contributed by atoms with Gasteiger partial charge in [-0.15, -0.1) is 0 Å². The van der Waals surface area contributed by atoms with E-state index in [0.717, 1.165) is 18.6 Å². The zero-order valence-corrected chi connectivity index (χ0v) is 11.9. The Morgan fingerprint density at radius 2 is 1.90 bits per heavy atom. The number of amides is 1. The van der Waals surface area contributed by atoms with Crippen molar-refractivity contribution in [3.8, 4) is 0 Å². The number of hydrogen-bond acceptors (Lipinski definition) is 4. The Morgan fingerprint density at radius 1 is 1.29 bits per heavy atom. The van der Waals surface area contributed by atoms with Crippen LogP contribution in [0.5, 0.6) is 0 Å². The molecule has 1 heterocycles. The highest BCUT2D eigenvalue weighted by Gasteiger charge is 2.18. The van der Waals surface area contributed by atoms with Gasteiger partial charge in [0, 0.05) is 25.2 Å². The van der Waals surface area contributed by atoms with E-state index in [0.29, 0.717) is 32.8 Å². The summed E-state index contributed by atoms with van der Waals surface area (Å²) in [6.07, 6.45) is 0.748. The molecule has 2 N–H and O–H groups in total. The molecular weight excluding hydrogens is 280 g/mol. The lowest BCUT2D eigenvalue weighted by Gasteiger charge is -2.27. The third kappa shape index (κ3) is 4.12. The molecule has 1 aromatic carbocycles. The smallest absolute Gasteiger partial charge is 0.265 e. The third-order valence-corrected chi connectivity index (χ3v) is 3.13.